The normalized spacial score (nSPS) is 14.9. The van der Waals surface area contributed by atoms with Crippen LogP contribution in [0.4, 0.5) is 5.69 Å². The van der Waals surface area contributed by atoms with E-state index in [4.69, 9.17) is 11.6 Å². The van der Waals surface area contributed by atoms with Gasteiger partial charge in [0, 0.05) is 31.7 Å². The lowest BCUT2D eigenvalue weighted by molar-refractivity contribution is -0.117. The van der Waals surface area contributed by atoms with E-state index in [2.05, 4.69) is 10.2 Å². The summed E-state index contributed by atoms with van der Waals surface area (Å²) in [6.45, 7) is 6.92. The largest absolute Gasteiger partial charge is 0.336 e. The lowest BCUT2D eigenvalue weighted by atomic mass is 10.1. The number of para-hydroxylation sites is 1. The molecule has 0 aromatic heterocycles. The summed E-state index contributed by atoms with van der Waals surface area (Å²) in [5, 5.41) is 3.36. The van der Waals surface area contributed by atoms with Crippen LogP contribution in [0.1, 0.15) is 21.5 Å². The number of piperazine rings is 1. The third-order valence-electron chi connectivity index (χ3n) is 4.93. The van der Waals surface area contributed by atoms with Gasteiger partial charge < -0.3 is 10.2 Å². The summed E-state index contributed by atoms with van der Waals surface area (Å²) >= 11 is 6.07. The van der Waals surface area contributed by atoms with Crippen LogP contribution in [0.15, 0.2) is 42.5 Å². The summed E-state index contributed by atoms with van der Waals surface area (Å²) in [6.07, 6.45) is 0. The van der Waals surface area contributed by atoms with Gasteiger partial charge in [0.15, 0.2) is 0 Å². The molecule has 3 rings (SSSR count). The van der Waals surface area contributed by atoms with Gasteiger partial charge in [-0.1, -0.05) is 29.8 Å². The van der Waals surface area contributed by atoms with E-state index in [1.165, 1.54) is 5.56 Å². The Labute approximate surface area is 164 Å². The van der Waals surface area contributed by atoms with Crippen LogP contribution >= 0.6 is 11.6 Å². The Hall–Kier alpha value is -2.37. The highest BCUT2D eigenvalue weighted by molar-refractivity contribution is 6.33. The first-order valence-electron chi connectivity index (χ1n) is 9.07. The molecule has 1 saturated heterocycles. The Bertz CT molecular complexity index is 845. The zero-order valence-electron chi connectivity index (χ0n) is 15.7. The summed E-state index contributed by atoms with van der Waals surface area (Å²) in [4.78, 5) is 28.8. The van der Waals surface area contributed by atoms with Gasteiger partial charge in [-0.25, -0.2) is 0 Å². The van der Waals surface area contributed by atoms with E-state index in [0.29, 0.717) is 36.9 Å². The van der Waals surface area contributed by atoms with Crippen molar-refractivity contribution in [1.29, 1.82) is 0 Å². The van der Waals surface area contributed by atoms with E-state index < -0.39 is 0 Å². The number of hydrogen-bond acceptors (Lipinski definition) is 3. The first-order chi connectivity index (χ1) is 12.9. The van der Waals surface area contributed by atoms with Gasteiger partial charge in [0.25, 0.3) is 5.91 Å². The molecular formula is C21H24ClN3O2. The van der Waals surface area contributed by atoms with E-state index in [1.54, 1.807) is 12.1 Å². The molecule has 0 aliphatic carbocycles. The lowest BCUT2D eigenvalue weighted by Crippen LogP contribution is -2.50. The number of benzene rings is 2. The molecule has 2 amide bonds. The molecule has 142 valence electrons. The molecule has 1 fully saturated rings. The van der Waals surface area contributed by atoms with Crippen molar-refractivity contribution in [3.63, 3.8) is 0 Å². The molecule has 6 heteroatoms. The minimum Gasteiger partial charge on any atom is -0.336 e. The second-order valence-corrected chi connectivity index (χ2v) is 7.30. The number of carbonyl (C=O) groups is 2. The lowest BCUT2D eigenvalue weighted by Gasteiger charge is -2.34. The Morgan fingerprint density at radius 3 is 2.37 bits per heavy atom. The summed E-state index contributed by atoms with van der Waals surface area (Å²) in [7, 11) is 0. The smallest absolute Gasteiger partial charge is 0.253 e. The third kappa shape index (κ3) is 4.87. The molecule has 5 nitrogen and oxygen atoms in total. The molecule has 1 aliphatic rings. The van der Waals surface area contributed by atoms with Crippen molar-refractivity contribution in [2.45, 2.75) is 13.8 Å². The zero-order chi connectivity index (χ0) is 19.4. The Balaban J connectivity index is 1.51. The number of nitrogens with one attached hydrogen (secondary N) is 1. The van der Waals surface area contributed by atoms with Gasteiger partial charge in [-0.05, 0) is 49.2 Å². The van der Waals surface area contributed by atoms with Gasteiger partial charge in [0.1, 0.15) is 0 Å². The highest BCUT2D eigenvalue weighted by Crippen LogP contribution is 2.20. The van der Waals surface area contributed by atoms with Crippen LogP contribution in [0.3, 0.4) is 0 Å². The number of amides is 2. The van der Waals surface area contributed by atoms with Crippen LogP contribution < -0.4 is 5.32 Å². The number of carbonyl (C=O) groups excluding carboxylic acids is 2. The zero-order valence-corrected chi connectivity index (χ0v) is 16.4. The second-order valence-electron chi connectivity index (χ2n) is 6.90. The minimum atomic E-state index is -0.1000. The predicted molar refractivity (Wildman–Crippen MR) is 108 cm³/mol. The summed E-state index contributed by atoms with van der Waals surface area (Å²) in [5.41, 5.74) is 3.65. The Morgan fingerprint density at radius 1 is 1.00 bits per heavy atom. The van der Waals surface area contributed by atoms with Crippen molar-refractivity contribution in [3.05, 3.63) is 64.2 Å². The topological polar surface area (TPSA) is 52.7 Å². The maximum absolute atomic E-state index is 12.7. The monoisotopic (exact) mass is 385 g/mol. The van der Waals surface area contributed by atoms with Crippen LogP contribution in [-0.4, -0.2) is 54.3 Å². The Morgan fingerprint density at radius 2 is 1.70 bits per heavy atom. The number of aryl methyl sites for hydroxylation is 2. The first kappa shape index (κ1) is 19.4. The van der Waals surface area contributed by atoms with E-state index in [1.807, 2.05) is 49.1 Å². The van der Waals surface area contributed by atoms with Crippen molar-refractivity contribution < 1.29 is 9.59 Å². The average molecular weight is 386 g/mol. The molecule has 2 aromatic rings. The maximum Gasteiger partial charge on any atom is 0.253 e. The molecule has 27 heavy (non-hydrogen) atoms. The highest BCUT2D eigenvalue weighted by atomic mass is 35.5. The van der Waals surface area contributed by atoms with E-state index in [0.717, 1.165) is 11.1 Å². The van der Waals surface area contributed by atoms with Crippen LogP contribution in [-0.2, 0) is 4.79 Å². The standard InChI is InChI=1S/C21H24ClN3O2/c1-15-7-8-17(13-16(15)2)21(27)25-11-9-24(10-12-25)14-20(26)23-19-6-4-3-5-18(19)22/h3-8,13H,9-12,14H2,1-2H3,(H,23,26). The third-order valence-corrected chi connectivity index (χ3v) is 5.26. The quantitative estimate of drug-likeness (QED) is 0.878. The molecule has 0 bridgehead atoms. The van der Waals surface area contributed by atoms with Crippen molar-refractivity contribution >= 4 is 29.1 Å². The van der Waals surface area contributed by atoms with Gasteiger partial charge >= 0.3 is 0 Å². The number of rotatable bonds is 4. The second kappa shape index (κ2) is 8.55. The molecule has 0 saturated carbocycles. The fourth-order valence-electron chi connectivity index (χ4n) is 3.12. The van der Waals surface area contributed by atoms with Crippen LogP contribution in [0.25, 0.3) is 0 Å². The van der Waals surface area contributed by atoms with Gasteiger partial charge in [-0.3, -0.25) is 14.5 Å². The van der Waals surface area contributed by atoms with Crippen molar-refractivity contribution in [1.82, 2.24) is 9.80 Å². The summed E-state index contributed by atoms with van der Waals surface area (Å²) in [6, 6.07) is 13.0. The fourth-order valence-corrected chi connectivity index (χ4v) is 3.30. The van der Waals surface area contributed by atoms with E-state index in [9.17, 15) is 9.59 Å². The number of anilines is 1. The van der Waals surface area contributed by atoms with Gasteiger partial charge in [-0.15, -0.1) is 0 Å². The SMILES string of the molecule is Cc1ccc(C(=O)N2CCN(CC(=O)Nc3ccccc3Cl)CC2)cc1C. The number of nitrogens with zero attached hydrogens (tertiary/aromatic N) is 2. The van der Waals surface area contributed by atoms with Gasteiger partial charge in [0.2, 0.25) is 5.91 Å². The fraction of sp³-hybridized carbons (Fsp3) is 0.333. The Kier molecular flexibility index (Phi) is 6.14. The van der Waals surface area contributed by atoms with Crippen molar-refractivity contribution in [2.24, 2.45) is 0 Å². The van der Waals surface area contributed by atoms with Gasteiger partial charge in [-0.2, -0.15) is 0 Å². The minimum absolute atomic E-state index is 0.0540. The summed E-state index contributed by atoms with van der Waals surface area (Å²) in [5.74, 6) is -0.0460. The predicted octanol–water partition coefficient (Wildman–Crippen LogP) is 3.35. The molecule has 1 aliphatic heterocycles. The highest BCUT2D eigenvalue weighted by Gasteiger charge is 2.23. The molecule has 1 heterocycles. The molecule has 0 atom stereocenters. The van der Waals surface area contributed by atoms with Crippen molar-refractivity contribution in [3.8, 4) is 0 Å². The van der Waals surface area contributed by atoms with E-state index >= 15 is 0 Å². The number of halogens is 1. The number of hydrogen-bond donors (Lipinski definition) is 1. The summed E-state index contributed by atoms with van der Waals surface area (Å²) < 4.78 is 0. The molecule has 0 spiro atoms. The van der Waals surface area contributed by atoms with E-state index in [-0.39, 0.29) is 18.4 Å². The maximum atomic E-state index is 12.7. The van der Waals surface area contributed by atoms with Crippen LogP contribution in [0, 0.1) is 13.8 Å². The van der Waals surface area contributed by atoms with Crippen molar-refractivity contribution in [2.75, 3.05) is 38.0 Å². The van der Waals surface area contributed by atoms with Gasteiger partial charge in [0.05, 0.1) is 17.3 Å². The molecule has 0 radical (unpaired) electrons. The first-order valence-corrected chi connectivity index (χ1v) is 9.45. The van der Waals surface area contributed by atoms with Crippen LogP contribution in [0.5, 0.6) is 0 Å². The molecule has 0 unspecified atom stereocenters. The average Bonchev–Trinajstić information content (AvgIpc) is 2.66. The molecule has 1 N–H and O–H groups in total. The molecular weight excluding hydrogens is 362 g/mol. The van der Waals surface area contributed by atoms with Crippen LogP contribution in [0.2, 0.25) is 5.02 Å². The molecule has 2 aromatic carbocycles.